The van der Waals surface area contributed by atoms with Crippen LogP contribution in [0.4, 0.5) is 0 Å². The third-order valence-electron chi connectivity index (χ3n) is 1.24. The average molecular weight is 184 g/mol. The van der Waals surface area contributed by atoms with E-state index in [0.717, 1.165) is 4.96 Å². The molecule has 0 unspecified atom stereocenters. The second-order valence-corrected chi connectivity index (χ2v) is 3.36. The quantitative estimate of drug-likeness (QED) is 0.626. The topological polar surface area (TPSA) is 41.1 Å². The van der Waals surface area contributed by atoms with Crippen LogP contribution in [-0.4, -0.2) is 9.38 Å². The number of nitriles is 1. The maximum atomic E-state index is 8.51. The first-order chi connectivity index (χ1) is 5.29. The SMILES string of the molecule is N#Cc1cn2cc(Cl)nc2s1. The molecule has 0 aliphatic heterocycles. The molecule has 0 spiro atoms. The van der Waals surface area contributed by atoms with E-state index in [1.54, 1.807) is 16.8 Å². The Bertz CT molecular complexity index is 405. The molecule has 2 aromatic heterocycles. The maximum absolute atomic E-state index is 8.51. The van der Waals surface area contributed by atoms with Crippen LogP contribution in [0.25, 0.3) is 4.96 Å². The fraction of sp³-hybridized carbons (Fsp3) is 0. The number of thiazole rings is 1. The molecule has 54 valence electrons. The number of imidazole rings is 1. The molecule has 5 heteroatoms. The van der Waals surface area contributed by atoms with Gasteiger partial charge in [0.25, 0.3) is 0 Å². The Morgan fingerprint density at radius 3 is 3.09 bits per heavy atom. The third kappa shape index (κ3) is 0.985. The van der Waals surface area contributed by atoms with E-state index in [1.807, 2.05) is 6.07 Å². The van der Waals surface area contributed by atoms with E-state index >= 15 is 0 Å². The summed E-state index contributed by atoms with van der Waals surface area (Å²) in [6.07, 6.45) is 3.38. The number of hydrogen-bond acceptors (Lipinski definition) is 3. The number of rotatable bonds is 0. The number of fused-ring (bicyclic) bond motifs is 1. The molecule has 0 atom stereocenters. The van der Waals surface area contributed by atoms with E-state index in [1.165, 1.54) is 11.3 Å². The van der Waals surface area contributed by atoms with Crippen LogP contribution in [0.2, 0.25) is 5.15 Å². The molecule has 2 aromatic rings. The van der Waals surface area contributed by atoms with Crippen LogP contribution >= 0.6 is 22.9 Å². The van der Waals surface area contributed by atoms with E-state index in [-0.39, 0.29) is 0 Å². The van der Waals surface area contributed by atoms with Crippen molar-refractivity contribution in [3.8, 4) is 6.07 Å². The van der Waals surface area contributed by atoms with Crippen LogP contribution in [-0.2, 0) is 0 Å². The lowest BCUT2D eigenvalue weighted by Gasteiger charge is -1.72. The smallest absolute Gasteiger partial charge is 0.196 e. The highest BCUT2D eigenvalue weighted by atomic mass is 35.5. The van der Waals surface area contributed by atoms with Crippen molar-refractivity contribution in [2.45, 2.75) is 0 Å². The maximum Gasteiger partial charge on any atom is 0.196 e. The summed E-state index contributed by atoms with van der Waals surface area (Å²) in [6.45, 7) is 0. The molecule has 0 saturated heterocycles. The minimum atomic E-state index is 0.459. The van der Waals surface area contributed by atoms with Crippen LogP contribution in [0, 0.1) is 11.3 Å². The van der Waals surface area contributed by atoms with Crippen LogP contribution in [0.5, 0.6) is 0 Å². The standard InChI is InChI=1S/C6H2ClN3S/c7-5-3-10-2-4(1-8)11-6(10)9-5/h2-3H. The van der Waals surface area contributed by atoms with E-state index in [9.17, 15) is 0 Å². The van der Waals surface area contributed by atoms with Crippen LogP contribution in [0.15, 0.2) is 12.4 Å². The summed E-state index contributed by atoms with van der Waals surface area (Å²) in [6, 6.07) is 2.04. The lowest BCUT2D eigenvalue weighted by atomic mass is 10.6. The van der Waals surface area contributed by atoms with Crippen LogP contribution < -0.4 is 0 Å². The lowest BCUT2D eigenvalue weighted by molar-refractivity contribution is 1.23. The molecule has 3 nitrogen and oxygen atoms in total. The van der Waals surface area contributed by atoms with E-state index in [2.05, 4.69) is 4.98 Å². The molecule has 0 fully saturated rings. The van der Waals surface area contributed by atoms with Gasteiger partial charge in [0.2, 0.25) is 0 Å². The molecule has 2 rings (SSSR count). The van der Waals surface area contributed by atoms with Gasteiger partial charge < -0.3 is 0 Å². The van der Waals surface area contributed by atoms with Gasteiger partial charge in [-0.05, 0) is 0 Å². The van der Waals surface area contributed by atoms with Gasteiger partial charge in [0.1, 0.15) is 16.1 Å². The second-order valence-electron chi connectivity index (χ2n) is 1.96. The zero-order valence-corrected chi connectivity index (χ0v) is 6.85. The van der Waals surface area contributed by atoms with Crippen molar-refractivity contribution in [2.75, 3.05) is 0 Å². The summed E-state index contributed by atoms with van der Waals surface area (Å²) < 4.78 is 1.74. The molecule has 0 amide bonds. The highest BCUT2D eigenvalue weighted by Crippen LogP contribution is 2.18. The van der Waals surface area contributed by atoms with Gasteiger partial charge in [-0.1, -0.05) is 22.9 Å². The third-order valence-corrected chi connectivity index (χ3v) is 2.32. The van der Waals surface area contributed by atoms with E-state index in [0.29, 0.717) is 10.0 Å². The lowest BCUT2D eigenvalue weighted by Crippen LogP contribution is -1.68. The monoisotopic (exact) mass is 183 g/mol. The molecule has 0 aromatic carbocycles. The van der Waals surface area contributed by atoms with Crippen molar-refractivity contribution in [2.24, 2.45) is 0 Å². The fourth-order valence-electron chi connectivity index (χ4n) is 0.819. The van der Waals surface area contributed by atoms with Gasteiger partial charge in [-0.15, -0.1) is 0 Å². The van der Waals surface area contributed by atoms with Crippen LogP contribution in [0.1, 0.15) is 4.88 Å². The minimum Gasteiger partial charge on any atom is -0.295 e. The Hall–Kier alpha value is -1.05. The van der Waals surface area contributed by atoms with Crippen molar-refractivity contribution >= 4 is 27.9 Å². The molecular formula is C6H2ClN3S. The first-order valence-electron chi connectivity index (χ1n) is 2.84. The van der Waals surface area contributed by atoms with Crippen molar-refractivity contribution in [3.05, 3.63) is 22.4 Å². The second kappa shape index (κ2) is 2.22. The molecule has 11 heavy (non-hydrogen) atoms. The molecule has 0 saturated carbocycles. The van der Waals surface area contributed by atoms with Gasteiger partial charge in [-0.3, -0.25) is 4.40 Å². The first kappa shape index (κ1) is 6.65. The fourth-order valence-corrected chi connectivity index (χ4v) is 1.82. The van der Waals surface area contributed by atoms with Crippen molar-refractivity contribution in [3.63, 3.8) is 0 Å². The van der Waals surface area contributed by atoms with Crippen molar-refractivity contribution < 1.29 is 0 Å². The van der Waals surface area contributed by atoms with Gasteiger partial charge in [-0.2, -0.15) is 5.26 Å². The Labute approximate surface area is 71.5 Å². The zero-order valence-electron chi connectivity index (χ0n) is 5.28. The predicted molar refractivity (Wildman–Crippen MR) is 42.8 cm³/mol. The normalized spacial score (nSPS) is 10.2. The molecule has 0 N–H and O–H groups in total. The van der Waals surface area contributed by atoms with Crippen LogP contribution in [0.3, 0.4) is 0 Å². The molecule has 0 radical (unpaired) electrons. The van der Waals surface area contributed by atoms with E-state index in [4.69, 9.17) is 16.9 Å². The summed E-state index contributed by atoms with van der Waals surface area (Å²) in [5, 5.41) is 8.97. The Morgan fingerprint density at radius 1 is 1.64 bits per heavy atom. The van der Waals surface area contributed by atoms with E-state index < -0.39 is 0 Å². The summed E-state index contributed by atoms with van der Waals surface area (Å²) in [4.78, 5) is 5.38. The number of halogens is 1. The summed E-state index contributed by atoms with van der Waals surface area (Å²) in [5.74, 6) is 0. The van der Waals surface area contributed by atoms with Gasteiger partial charge in [-0.25, -0.2) is 4.98 Å². The first-order valence-corrected chi connectivity index (χ1v) is 4.03. The Morgan fingerprint density at radius 2 is 2.45 bits per heavy atom. The van der Waals surface area contributed by atoms with Crippen molar-refractivity contribution in [1.29, 1.82) is 5.26 Å². The summed E-state index contributed by atoms with van der Waals surface area (Å²) in [7, 11) is 0. The zero-order chi connectivity index (χ0) is 7.84. The average Bonchev–Trinajstić information content (AvgIpc) is 2.43. The highest BCUT2D eigenvalue weighted by molar-refractivity contribution is 7.17. The summed E-state index contributed by atoms with van der Waals surface area (Å²) >= 11 is 6.94. The summed E-state index contributed by atoms with van der Waals surface area (Å²) in [5.41, 5.74) is 0. The Balaban J connectivity index is 2.76. The molecule has 2 heterocycles. The Kier molecular flexibility index (Phi) is 1.34. The number of aromatic nitrogens is 2. The largest absolute Gasteiger partial charge is 0.295 e. The molecule has 0 aliphatic carbocycles. The molecule has 0 bridgehead atoms. The van der Waals surface area contributed by atoms with Gasteiger partial charge in [0.05, 0.1) is 0 Å². The molecular weight excluding hydrogens is 182 g/mol. The minimum absolute atomic E-state index is 0.459. The van der Waals surface area contributed by atoms with Crippen molar-refractivity contribution in [1.82, 2.24) is 9.38 Å². The number of nitrogens with zero attached hydrogens (tertiary/aromatic N) is 3. The number of hydrogen-bond donors (Lipinski definition) is 0. The van der Waals surface area contributed by atoms with Gasteiger partial charge >= 0.3 is 0 Å². The van der Waals surface area contributed by atoms with Gasteiger partial charge in [0.15, 0.2) is 4.96 Å². The molecule has 0 aliphatic rings. The van der Waals surface area contributed by atoms with Gasteiger partial charge in [0, 0.05) is 12.4 Å². The predicted octanol–water partition coefficient (Wildman–Crippen LogP) is 1.92. The highest BCUT2D eigenvalue weighted by Gasteiger charge is 2.02.